The van der Waals surface area contributed by atoms with Crippen molar-refractivity contribution < 1.29 is 14.3 Å². The van der Waals surface area contributed by atoms with Crippen LogP contribution in [0, 0.1) is 11.3 Å². The van der Waals surface area contributed by atoms with E-state index < -0.39 is 0 Å². The number of ether oxygens (including phenoxy) is 2. The fourth-order valence-corrected chi connectivity index (χ4v) is 2.03. The van der Waals surface area contributed by atoms with Gasteiger partial charge in [0.15, 0.2) is 0 Å². The van der Waals surface area contributed by atoms with E-state index in [1.807, 2.05) is 6.07 Å². The molecule has 19 heavy (non-hydrogen) atoms. The molecule has 1 aliphatic carbocycles. The van der Waals surface area contributed by atoms with Crippen molar-refractivity contribution in [2.24, 2.45) is 0 Å². The van der Waals surface area contributed by atoms with Crippen LogP contribution in [0.3, 0.4) is 0 Å². The molecule has 100 valence electrons. The molecule has 0 unspecified atom stereocenters. The van der Waals surface area contributed by atoms with Crippen LogP contribution in [0.4, 0.5) is 0 Å². The van der Waals surface area contributed by atoms with E-state index in [9.17, 15) is 4.79 Å². The number of hydrogen-bond acceptors (Lipinski definition) is 4. The second kappa shape index (κ2) is 5.61. The molecule has 1 fully saturated rings. The minimum absolute atomic E-state index is 0.0880. The number of carbonyl (C=O) groups excluding carboxylic acids is 1. The first-order valence-electron chi connectivity index (χ1n) is 6.11. The molecule has 1 saturated carbocycles. The van der Waals surface area contributed by atoms with E-state index in [0.717, 1.165) is 12.8 Å². The zero-order chi connectivity index (χ0) is 13.8. The summed E-state index contributed by atoms with van der Waals surface area (Å²) in [5, 5.41) is 8.86. The maximum Gasteiger partial charge on any atom is 0.262 e. The molecular formula is C14H16N2O3. The van der Waals surface area contributed by atoms with Crippen LogP contribution in [0.1, 0.15) is 23.2 Å². The summed E-state index contributed by atoms with van der Waals surface area (Å²) in [5.41, 5.74) is 0.384. The third-order valence-electron chi connectivity index (χ3n) is 3.13. The third kappa shape index (κ3) is 2.63. The van der Waals surface area contributed by atoms with E-state index >= 15 is 0 Å². The maximum atomic E-state index is 12.6. The van der Waals surface area contributed by atoms with Crippen LogP contribution >= 0.6 is 0 Å². The van der Waals surface area contributed by atoms with Gasteiger partial charge in [0, 0.05) is 6.04 Å². The first kappa shape index (κ1) is 13.2. The van der Waals surface area contributed by atoms with Crippen LogP contribution in [0.15, 0.2) is 18.2 Å². The Balaban J connectivity index is 2.38. The molecule has 1 aliphatic rings. The van der Waals surface area contributed by atoms with E-state index in [-0.39, 0.29) is 18.5 Å². The Morgan fingerprint density at radius 3 is 2.37 bits per heavy atom. The van der Waals surface area contributed by atoms with Gasteiger partial charge in [0.2, 0.25) is 0 Å². The maximum absolute atomic E-state index is 12.6. The topological polar surface area (TPSA) is 62.6 Å². The summed E-state index contributed by atoms with van der Waals surface area (Å²) in [6.45, 7) is 0.0880. The molecule has 2 rings (SSSR count). The Kier molecular flexibility index (Phi) is 3.91. The van der Waals surface area contributed by atoms with Crippen LogP contribution in [0.5, 0.6) is 11.5 Å². The fourth-order valence-electron chi connectivity index (χ4n) is 2.03. The van der Waals surface area contributed by atoms with E-state index in [0.29, 0.717) is 17.1 Å². The highest BCUT2D eigenvalue weighted by Crippen LogP contribution is 2.34. The molecule has 0 aromatic heterocycles. The molecule has 0 spiro atoms. The largest absolute Gasteiger partial charge is 0.496 e. The second-order valence-corrected chi connectivity index (χ2v) is 4.36. The van der Waals surface area contributed by atoms with Crippen molar-refractivity contribution in [3.8, 4) is 17.6 Å². The van der Waals surface area contributed by atoms with Crippen molar-refractivity contribution in [2.75, 3.05) is 20.8 Å². The van der Waals surface area contributed by atoms with Gasteiger partial charge in [-0.25, -0.2) is 0 Å². The van der Waals surface area contributed by atoms with Crippen molar-refractivity contribution in [2.45, 2.75) is 18.9 Å². The summed E-state index contributed by atoms with van der Waals surface area (Å²) in [7, 11) is 3.02. The molecule has 1 aromatic carbocycles. The van der Waals surface area contributed by atoms with Crippen molar-refractivity contribution in [3.63, 3.8) is 0 Å². The lowest BCUT2D eigenvalue weighted by Gasteiger charge is -2.21. The van der Waals surface area contributed by atoms with E-state index in [1.54, 1.807) is 23.1 Å². The predicted octanol–water partition coefficient (Wildman–Crippen LogP) is 1.83. The molecule has 1 amide bonds. The Morgan fingerprint density at radius 2 is 1.95 bits per heavy atom. The molecule has 0 radical (unpaired) electrons. The molecule has 1 aromatic rings. The van der Waals surface area contributed by atoms with Gasteiger partial charge in [-0.05, 0) is 25.0 Å². The predicted molar refractivity (Wildman–Crippen MR) is 69.2 cm³/mol. The van der Waals surface area contributed by atoms with Crippen LogP contribution in [0.2, 0.25) is 0 Å². The summed E-state index contributed by atoms with van der Waals surface area (Å²) in [6.07, 6.45) is 1.90. The average Bonchev–Trinajstić information content (AvgIpc) is 3.27. The molecule has 0 saturated heterocycles. The second-order valence-electron chi connectivity index (χ2n) is 4.36. The Morgan fingerprint density at radius 1 is 1.37 bits per heavy atom. The van der Waals surface area contributed by atoms with Crippen LogP contribution < -0.4 is 9.47 Å². The summed E-state index contributed by atoms with van der Waals surface area (Å²) in [4.78, 5) is 14.2. The molecule has 0 atom stereocenters. The van der Waals surface area contributed by atoms with Gasteiger partial charge in [-0.2, -0.15) is 5.26 Å². The van der Waals surface area contributed by atoms with E-state index in [4.69, 9.17) is 14.7 Å². The number of methoxy groups -OCH3 is 2. The quantitative estimate of drug-likeness (QED) is 0.758. The van der Waals surface area contributed by atoms with Crippen molar-refractivity contribution in [3.05, 3.63) is 23.8 Å². The lowest BCUT2D eigenvalue weighted by molar-refractivity contribution is 0.0758. The van der Waals surface area contributed by atoms with Gasteiger partial charge in [-0.3, -0.25) is 4.79 Å². The molecule has 0 N–H and O–H groups in total. The average molecular weight is 260 g/mol. The van der Waals surface area contributed by atoms with Crippen LogP contribution in [0.25, 0.3) is 0 Å². The standard InChI is InChI=1S/C14H16N2O3/c1-18-11-4-3-5-12(19-2)13(11)14(17)16(9-8-15)10-6-7-10/h3-5,10H,6-7,9H2,1-2H3. The van der Waals surface area contributed by atoms with Crippen molar-refractivity contribution >= 4 is 5.91 Å². The molecule has 5 heteroatoms. The number of hydrogen-bond donors (Lipinski definition) is 0. The first-order valence-corrected chi connectivity index (χ1v) is 6.11. The number of nitrogens with zero attached hydrogens (tertiary/aromatic N) is 2. The summed E-state index contributed by atoms with van der Waals surface area (Å²) < 4.78 is 10.5. The highest BCUT2D eigenvalue weighted by atomic mass is 16.5. The molecule has 5 nitrogen and oxygen atoms in total. The monoisotopic (exact) mass is 260 g/mol. The van der Waals surface area contributed by atoms with Crippen LogP contribution in [-0.4, -0.2) is 37.6 Å². The van der Waals surface area contributed by atoms with Gasteiger partial charge >= 0.3 is 0 Å². The van der Waals surface area contributed by atoms with Gasteiger partial charge in [0.1, 0.15) is 23.6 Å². The van der Waals surface area contributed by atoms with Gasteiger partial charge in [0.05, 0.1) is 20.3 Å². The lowest BCUT2D eigenvalue weighted by Crippen LogP contribution is -2.34. The number of rotatable bonds is 5. The van der Waals surface area contributed by atoms with E-state index in [1.165, 1.54) is 14.2 Å². The highest BCUT2D eigenvalue weighted by molar-refractivity contribution is 6.00. The number of carbonyl (C=O) groups is 1. The molecule has 0 heterocycles. The Bertz CT molecular complexity index is 496. The minimum Gasteiger partial charge on any atom is -0.496 e. The van der Waals surface area contributed by atoms with Crippen LogP contribution in [-0.2, 0) is 0 Å². The smallest absolute Gasteiger partial charge is 0.262 e. The zero-order valence-electron chi connectivity index (χ0n) is 11.0. The lowest BCUT2D eigenvalue weighted by atomic mass is 10.1. The SMILES string of the molecule is COc1cccc(OC)c1C(=O)N(CC#N)C1CC1. The van der Waals surface area contributed by atoms with E-state index in [2.05, 4.69) is 0 Å². The number of amides is 1. The van der Waals surface area contributed by atoms with Gasteiger partial charge in [-0.15, -0.1) is 0 Å². The van der Waals surface area contributed by atoms with Crippen molar-refractivity contribution in [1.29, 1.82) is 5.26 Å². The number of benzene rings is 1. The zero-order valence-corrected chi connectivity index (χ0v) is 11.0. The fraction of sp³-hybridized carbons (Fsp3) is 0.429. The first-order chi connectivity index (χ1) is 9.22. The third-order valence-corrected chi connectivity index (χ3v) is 3.13. The molecule has 0 aliphatic heterocycles. The normalized spacial score (nSPS) is 13.5. The minimum atomic E-state index is -0.210. The van der Waals surface area contributed by atoms with Gasteiger partial charge in [0.25, 0.3) is 5.91 Å². The summed E-state index contributed by atoms with van der Waals surface area (Å²) >= 11 is 0. The Labute approximate surface area is 112 Å². The molecular weight excluding hydrogens is 244 g/mol. The Hall–Kier alpha value is -2.22. The summed E-state index contributed by atoms with van der Waals surface area (Å²) in [6, 6.07) is 7.40. The van der Waals surface area contributed by atoms with Gasteiger partial charge in [-0.1, -0.05) is 6.07 Å². The van der Waals surface area contributed by atoms with Crippen molar-refractivity contribution in [1.82, 2.24) is 4.90 Å². The van der Waals surface area contributed by atoms with Gasteiger partial charge < -0.3 is 14.4 Å². The highest BCUT2D eigenvalue weighted by Gasteiger charge is 2.35. The number of nitriles is 1. The summed E-state index contributed by atoms with van der Waals surface area (Å²) in [5.74, 6) is 0.722. The molecule has 0 bridgehead atoms.